The second-order valence-corrected chi connectivity index (χ2v) is 5.12. The molecule has 1 unspecified atom stereocenters. The van der Waals surface area contributed by atoms with Crippen molar-refractivity contribution < 1.29 is 4.79 Å². The molecule has 1 aromatic heterocycles. The van der Waals surface area contributed by atoms with Crippen molar-refractivity contribution in [2.45, 2.75) is 19.9 Å². The molecule has 0 aliphatic heterocycles. The standard InChI is InChI=1S/C14H16N2OS/c1-9-3-4-13(15)12(7-9)14(17)16-10(2)11-5-6-18-8-11/h3-8,10H,15H2,1-2H3,(H,16,17). The van der Waals surface area contributed by atoms with Crippen LogP contribution in [-0.2, 0) is 0 Å². The summed E-state index contributed by atoms with van der Waals surface area (Å²) < 4.78 is 0. The number of thiophene rings is 1. The van der Waals surface area contributed by atoms with Gasteiger partial charge in [0, 0.05) is 5.69 Å². The van der Waals surface area contributed by atoms with E-state index in [1.54, 1.807) is 17.4 Å². The average Bonchev–Trinajstić information content (AvgIpc) is 2.85. The van der Waals surface area contributed by atoms with Gasteiger partial charge in [0.1, 0.15) is 0 Å². The normalized spacial score (nSPS) is 12.1. The fraction of sp³-hybridized carbons (Fsp3) is 0.214. The van der Waals surface area contributed by atoms with Gasteiger partial charge in [0.2, 0.25) is 0 Å². The summed E-state index contributed by atoms with van der Waals surface area (Å²) in [6, 6.07) is 7.47. The van der Waals surface area contributed by atoms with Gasteiger partial charge in [-0.1, -0.05) is 11.6 Å². The molecule has 3 N–H and O–H groups in total. The zero-order valence-electron chi connectivity index (χ0n) is 10.4. The Bertz CT molecular complexity index is 549. The number of aryl methyl sites for hydroxylation is 1. The molecule has 1 atom stereocenters. The van der Waals surface area contributed by atoms with Gasteiger partial charge >= 0.3 is 0 Å². The fourth-order valence-electron chi connectivity index (χ4n) is 1.75. The van der Waals surface area contributed by atoms with Gasteiger partial charge in [0.15, 0.2) is 0 Å². The van der Waals surface area contributed by atoms with Crippen molar-refractivity contribution in [3.8, 4) is 0 Å². The van der Waals surface area contributed by atoms with E-state index in [1.165, 1.54) is 0 Å². The Balaban J connectivity index is 2.15. The summed E-state index contributed by atoms with van der Waals surface area (Å²) in [5, 5.41) is 6.99. The minimum absolute atomic E-state index is 0.0105. The minimum atomic E-state index is -0.130. The topological polar surface area (TPSA) is 55.1 Å². The third-order valence-corrected chi connectivity index (χ3v) is 3.55. The first kappa shape index (κ1) is 12.6. The molecule has 0 spiro atoms. The number of amides is 1. The summed E-state index contributed by atoms with van der Waals surface area (Å²) in [5.74, 6) is -0.130. The summed E-state index contributed by atoms with van der Waals surface area (Å²) in [7, 11) is 0. The number of hydrogen-bond acceptors (Lipinski definition) is 3. The monoisotopic (exact) mass is 260 g/mol. The molecule has 1 aromatic carbocycles. The van der Waals surface area contributed by atoms with Crippen LogP contribution >= 0.6 is 11.3 Å². The highest BCUT2D eigenvalue weighted by molar-refractivity contribution is 7.07. The Kier molecular flexibility index (Phi) is 3.67. The molecule has 94 valence electrons. The number of hydrogen-bond donors (Lipinski definition) is 2. The zero-order valence-corrected chi connectivity index (χ0v) is 11.3. The van der Waals surface area contributed by atoms with Crippen molar-refractivity contribution in [1.82, 2.24) is 5.32 Å². The molecule has 1 heterocycles. The average molecular weight is 260 g/mol. The first-order valence-electron chi connectivity index (χ1n) is 5.77. The van der Waals surface area contributed by atoms with Gasteiger partial charge in [0.05, 0.1) is 11.6 Å². The summed E-state index contributed by atoms with van der Waals surface area (Å²) in [6.07, 6.45) is 0. The Morgan fingerprint density at radius 2 is 2.17 bits per heavy atom. The lowest BCUT2D eigenvalue weighted by atomic mass is 10.1. The van der Waals surface area contributed by atoms with Crippen molar-refractivity contribution in [1.29, 1.82) is 0 Å². The van der Waals surface area contributed by atoms with E-state index < -0.39 is 0 Å². The second-order valence-electron chi connectivity index (χ2n) is 4.34. The summed E-state index contributed by atoms with van der Waals surface area (Å²) >= 11 is 1.62. The van der Waals surface area contributed by atoms with Crippen LogP contribution in [0.25, 0.3) is 0 Å². The van der Waals surface area contributed by atoms with Gasteiger partial charge in [0.25, 0.3) is 5.91 Å². The van der Waals surface area contributed by atoms with Crippen LogP contribution < -0.4 is 11.1 Å². The lowest BCUT2D eigenvalue weighted by Gasteiger charge is -2.14. The van der Waals surface area contributed by atoms with Gasteiger partial charge in [-0.15, -0.1) is 0 Å². The highest BCUT2D eigenvalue weighted by Gasteiger charge is 2.14. The first-order valence-corrected chi connectivity index (χ1v) is 6.71. The third-order valence-electron chi connectivity index (χ3n) is 2.84. The van der Waals surface area contributed by atoms with E-state index in [1.807, 2.05) is 42.8 Å². The third kappa shape index (κ3) is 2.71. The molecule has 0 saturated heterocycles. The Morgan fingerprint density at radius 1 is 1.39 bits per heavy atom. The minimum Gasteiger partial charge on any atom is -0.398 e. The van der Waals surface area contributed by atoms with Gasteiger partial charge in [-0.25, -0.2) is 0 Å². The fourth-order valence-corrected chi connectivity index (χ4v) is 2.50. The number of carbonyl (C=O) groups excluding carboxylic acids is 1. The van der Waals surface area contributed by atoms with Gasteiger partial charge in [-0.2, -0.15) is 11.3 Å². The largest absolute Gasteiger partial charge is 0.398 e. The Hall–Kier alpha value is -1.81. The van der Waals surface area contributed by atoms with Crippen molar-refractivity contribution in [2.75, 3.05) is 5.73 Å². The van der Waals surface area contributed by atoms with Crippen molar-refractivity contribution in [2.24, 2.45) is 0 Å². The van der Waals surface area contributed by atoms with Gasteiger partial charge in [-0.05, 0) is 48.4 Å². The van der Waals surface area contributed by atoms with E-state index >= 15 is 0 Å². The molecule has 2 rings (SSSR count). The number of nitrogens with two attached hydrogens (primary N) is 1. The van der Waals surface area contributed by atoms with E-state index in [9.17, 15) is 4.79 Å². The summed E-state index contributed by atoms with van der Waals surface area (Å²) in [4.78, 5) is 12.1. The maximum atomic E-state index is 12.1. The van der Waals surface area contributed by atoms with E-state index in [4.69, 9.17) is 5.73 Å². The molecule has 2 aromatic rings. The van der Waals surface area contributed by atoms with Crippen molar-refractivity contribution >= 4 is 22.9 Å². The van der Waals surface area contributed by atoms with Crippen LogP contribution in [-0.4, -0.2) is 5.91 Å². The Labute approximate surface area is 111 Å². The number of benzene rings is 1. The highest BCUT2D eigenvalue weighted by atomic mass is 32.1. The predicted molar refractivity (Wildman–Crippen MR) is 75.8 cm³/mol. The van der Waals surface area contributed by atoms with Crippen LogP contribution in [0.4, 0.5) is 5.69 Å². The smallest absolute Gasteiger partial charge is 0.253 e. The molecule has 1 amide bonds. The maximum absolute atomic E-state index is 12.1. The van der Waals surface area contributed by atoms with Crippen LogP contribution in [0, 0.1) is 6.92 Å². The molecule has 4 heteroatoms. The van der Waals surface area contributed by atoms with Crippen molar-refractivity contribution in [3.05, 3.63) is 51.7 Å². The van der Waals surface area contributed by atoms with Gasteiger partial charge < -0.3 is 11.1 Å². The molecular formula is C14H16N2OS. The van der Waals surface area contributed by atoms with Crippen LogP contribution in [0.15, 0.2) is 35.0 Å². The van der Waals surface area contributed by atoms with E-state index in [0.29, 0.717) is 11.3 Å². The van der Waals surface area contributed by atoms with E-state index in [0.717, 1.165) is 11.1 Å². The number of carbonyl (C=O) groups is 1. The number of nitrogens with one attached hydrogen (secondary N) is 1. The molecule has 0 saturated carbocycles. The van der Waals surface area contributed by atoms with Crippen LogP contribution in [0.1, 0.15) is 34.5 Å². The van der Waals surface area contributed by atoms with E-state index in [-0.39, 0.29) is 11.9 Å². The summed E-state index contributed by atoms with van der Waals surface area (Å²) in [5.41, 5.74) is 9.01. The lowest BCUT2D eigenvalue weighted by Crippen LogP contribution is -2.27. The van der Waals surface area contributed by atoms with Crippen LogP contribution in [0.5, 0.6) is 0 Å². The van der Waals surface area contributed by atoms with E-state index in [2.05, 4.69) is 5.32 Å². The van der Waals surface area contributed by atoms with Crippen LogP contribution in [0.2, 0.25) is 0 Å². The highest BCUT2D eigenvalue weighted by Crippen LogP contribution is 2.18. The number of nitrogen functional groups attached to an aromatic ring is 1. The zero-order chi connectivity index (χ0) is 13.1. The predicted octanol–water partition coefficient (Wildman–Crippen LogP) is 3.13. The lowest BCUT2D eigenvalue weighted by molar-refractivity contribution is 0.0941. The molecular weight excluding hydrogens is 244 g/mol. The molecule has 0 aliphatic carbocycles. The molecule has 3 nitrogen and oxygen atoms in total. The van der Waals surface area contributed by atoms with Crippen molar-refractivity contribution in [3.63, 3.8) is 0 Å². The quantitative estimate of drug-likeness (QED) is 0.833. The molecule has 0 aliphatic rings. The molecule has 0 bridgehead atoms. The van der Waals surface area contributed by atoms with Gasteiger partial charge in [-0.3, -0.25) is 4.79 Å². The maximum Gasteiger partial charge on any atom is 0.253 e. The first-order chi connectivity index (χ1) is 8.58. The summed E-state index contributed by atoms with van der Waals surface area (Å²) in [6.45, 7) is 3.91. The molecule has 18 heavy (non-hydrogen) atoms. The van der Waals surface area contributed by atoms with Crippen LogP contribution in [0.3, 0.4) is 0 Å². The Morgan fingerprint density at radius 3 is 2.83 bits per heavy atom. The molecule has 0 radical (unpaired) electrons. The molecule has 0 fully saturated rings. The number of anilines is 1. The second kappa shape index (κ2) is 5.23. The SMILES string of the molecule is Cc1ccc(N)c(C(=O)NC(C)c2ccsc2)c1. The number of rotatable bonds is 3.